The van der Waals surface area contributed by atoms with E-state index in [4.69, 9.17) is 15.2 Å². The number of aryl methyl sites for hydroxylation is 1. The lowest BCUT2D eigenvalue weighted by Crippen LogP contribution is -2.49. The highest BCUT2D eigenvalue weighted by molar-refractivity contribution is 6.09. The fourth-order valence-corrected chi connectivity index (χ4v) is 6.33. The quantitative estimate of drug-likeness (QED) is 0.160. The number of nitrogens with one attached hydrogen (secondary N) is 2. The minimum Gasteiger partial charge on any atom is -0.495 e. The molecule has 2 heterocycles. The van der Waals surface area contributed by atoms with Crippen LogP contribution in [0, 0.1) is 6.92 Å². The number of benzene rings is 3. The number of unbranched alkanes of at least 4 members (excludes halogenated alkanes) is 1. The zero-order valence-corrected chi connectivity index (χ0v) is 31.1. The zero-order chi connectivity index (χ0) is 35.1. The number of primary amides is 1. The molecule has 4 N–H and O–H groups in total. The van der Waals surface area contributed by atoms with Crippen LogP contribution in [0.1, 0.15) is 51.1 Å². The highest BCUT2D eigenvalue weighted by atomic mass is 35.5. The number of halogens is 2. The number of methoxy groups -OCH3 is 1. The van der Waals surface area contributed by atoms with Gasteiger partial charge in [0.25, 0.3) is 11.8 Å². The Balaban J connectivity index is 0.00000351. The molecule has 2 aliphatic rings. The van der Waals surface area contributed by atoms with Gasteiger partial charge in [-0.1, -0.05) is 12.1 Å². The van der Waals surface area contributed by atoms with Gasteiger partial charge in [-0.3, -0.25) is 19.3 Å². The number of nitrogens with two attached hydrogens (primary N) is 1. The largest absolute Gasteiger partial charge is 0.495 e. The van der Waals surface area contributed by atoms with Crippen molar-refractivity contribution < 1.29 is 28.7 Å². The maximum Gasteiger partial charge on any atom is 0.258 e. The molecule has 12 nitrogen and oxygen atoms in total. The SMILES string of the molecule is COc1cc(C(=O)N(C)c2ccc(C)cc2OCCCCC(C=O)N2CCN(C)CC2)ccc1NC(=O)c1cccc2c1CC(C(N)=O)N2.Cl.Cl. The Labute approximate surface area is 311 Å². The van der Waals surface area contributed by atoms with Gasteiger partial charge in [-0.15, -0.1) is 24.8 Å². The van der Waals surface area contributed by atoms with Gasteiger partial charge >= 0.3 is 0 Å². The monoisotopic (exact) mass is 742 g/mol. The first-order chi connectivity index (χ1) is 23.6. The molecule has 1 saturated heterocycles. The lowest BCUT2D eigenvalue weighted by atomic mass is 10.0. The van der Waals surface area contributed by atoms with Crippen LogP contribution in [0.25, 0.3) is 0 Å². The number of ether oxygens (including phenoxy) is 2. The molecule has 0 aromatic heterocycles. The highest BCUT2D eigenvalue weighted by Crippen LogP contribution is 2.33. The summed E-state index contributed by atoms with van der Waals surface area (Å²) in [5.41, 5.74) is 9.68. The molecular formula is C37H48Cl2N6O6. The molecule has 0 aliphatic carbocycles. The maximum atomic E-state index is 13.7. The van der Waals surface area contributed by atoms with Crippen molar-refractivity contribution in [1.29, 1.82) is 0 Å². The van der Waals surface area contributed by atoms with E-state index in [-0.39, 0.29) is 42.7 Å². The van der Waals surface area contributed by atoms with Crippen molar-refractivity contribution in [2.45, 2.75) is 44.7 Å². The molecule has 0 spiro atoms. The van der Waals surface area contributed by atoms with Crippen LogP contribution in [0.15, 0.2) is 54.6 Å². The topological polar surface area (TPSA) is 147 Å². The van der Waals surface area contributed by atoms with E-state index < -0.39 is 11.9 Å². The molecule has 1 fully saturated rings. The van der Waals surface area contributed by atoms with Crippen LogP contribution in [0.5, 0.6) is 11.5 Å². The molecule has 3 aromatic carbocycles. The minimum absolute atomic E-state index is 0. The molecule has 2 atom stereocenters. The predicted molar refractivity (Wildman–Crippen MR) is 204 cm³/mol. The Morgan fingerprint density at radius 3 is 2.47 bits per heavy atom. The second kappa shape index (κ2) is 18.8. The van der Waals surface area contributed by atoms with Crippen molar-refractivity contribution in [3.63, 3.8) is 0 Å². The second-order valence-electron chi connectivity index (χ2n) is 12.7. The Bertz CT molecular complexity index is 1700. The van der Waals surface area contributed by atoms with Gasteiger partial charge in [0.1, 0.15) is 23.8 Å². The Morgan fingerprint density at radius 2 is 1.78 bits per heavy atom. The number of likely N-dealkylation sites (N-methyl/N-ethyl adjacent to an activating group) is 1. The van der Waals surface area contributed by atoms with E-state index in [9.17, 15) is 19.2 Å². The number of carbonyl (C=O) groups is 4. The molecule has 0 radical (unpaired) electrons. The smallest absolute Gasteiger partial charge is 0.258 e. The first-order valence-electron chi connectivity index (χ1n) is 16.7. The van der Waals surface area contributed by atoms with E-state index in [0.29, 0.717) is 58.3 Å². The third-order valence-electron chi connectivity index (χ3n) is 9.30. The van der Waals surface area contributed by atoms with Crippen LogP contribution in [0.4, 0.5) is 17.1 Å². The molecular weight excluding hydrogens is 695 g/mol. The molecule has 0 saturated carbocycles. The standard InChI is InChI=1S/C37H46N6O6.2ClH/c1-24-11-14-32(34(20-24)49-19-6-5-8-26(23-44)43-17-15-41(2)16-18-43)42(3)37(47)25-12-13-30(33(21-25)48-4)40-36(46)27-9-7-10-29-28(27)22-31(39-29)35(38)45;;/h7,9-14,20-21,23,26,31,39H,5-6,8,15-19,22H2,1-4H3,(H2,38,45)(H,40,46);2*1H. The maximum absolute atomic E-state index is 13.7. The second-order valence-corrected chi connectivity index (χ2v) is 12.7. The number of fused-ring (bicyclic) bond motifs is 1. The van der Waals surface area contributed by atoms with Crippen LogP contribution in [0.2, 0.25) is 0 Å². The zero-order valence-electron chi connectivity index (χ0n) is 29.5. The van der Waals surface area contributed by atoms with Crippen molar-refractivity contribution in [2.75, 3.05) is 69.5 Å². The van der Waals surface area contributed by atoms with Crippen molar-refractivity contribution in [3.05, 3.63) is 76.9 Å². The van der Waals surface area contributed by atoms with Crippen LogP contribution in [-0.2, 0) is 16.0 Å². The van der Waals surface area contributed by atoms with Crippen molar-refractivity contribution >= 4 is 65.9 Å². The molecule has 2 unspecified atom stereocenters. The number of nitrogens with zero attached hydrogens (tertiary/aromatic N) is 3. The number of hydrogen-bond donors (Lipinski definition) is 3. The van der Waals surface area contributed by atoms with Gasteiger partial charge in [-0.2, -0.15) is 0 Å². The number of aldehydes is 1. The third kappa shape index (κ3) is 9.91. The van der Waals surface area contributed by atoms with Crippen molar-refractivity contribution in [1.82, 2.24) is 9.80 Å². The predicted octanol–water partition coefficient (Wildman–Crippen LogP) is 4.56. The van der Waals surface area contributed by atoms with Crippen LogP contribution < -0.4 is 30.7 Å². The van der Waals surface area contributed by atoms with E-state index in [1.165, 1.54) is 12.0 Å². The van der Waals surface area contributed by atoms with Crippen LogP contribution >= 0.6 is 24.8 Å². The molecule has 0 bridgehead atoms. The normalized spacial score (nSPS) is 16.0. The molecule has 14 heteroatoms. The molecule has 5 rings (SSSR count). The first-order valence-corrected chi connectivity index (χ1v) is 16.7. The van der Waals surface area contributed by atoms with E-state index in [2.05, 4.69) is 27.5 Å². The fourth-order valence-electron chi connectivity index (χ4n) is 6.33. The Kier molecular flexibility index (Phi) is 15.1. The highest BCUT2D eigenvalue weighted by Gasteiger charge is 2.29. The van der Waals surface area contributed by atoms with Gasteiger partial charge < -0.3 is 40.4 Å². The van der Waals surface area contributed by atoms with E-state index in [1.54, 1.807) is 43.4 Å². The molecule has 2 aliphatic heterocycles. The van der Waals surface area contributed by atoms with Gasteiger partial charge in [-0.25, -0.2) is 0 Å². The lowest BCUT2D eigenvalue weighted by Gasteiger charge is -2.35. The average molecular weight is 744 g/mol. The Hall–Kier alpha value is -4.36. The van der Waals surface area contributed by atoms with Gasteiger partial charge in [-0.05, 0) is 86.8 Å². The average Bonchev–Trinajstić information content (AvgIpc) is 3.55. The number of amides is 3. The molecule has 3 amide bonds. The summed E-state index contributed by atoms with van der Waals surface area (Å²) in [6.07, 6.45) is 3.80. The number of hydrogen-bond acceptors (Lipinski definition) is 9. The summed E-state index contributed by atoms with van der Waals surface area (Å²) in [5, 5.41) is 5.94. The van der Waals surface area contributed by atoms with Gasteiger partial charge in [0.05, 0.1) is 31.1 Å². The van der Waals surface area contributed by atoms with Crippen molar-refractivity contribution in [2.24, 2.45) is 5.73 Å². The summed E-state index contributed by atoms with van der Waals surface area (Å²) in [7, 11) is 5.26. The van der Waals surface area contributed by atoms with E-state index >= 15 is 0 Å². The van der Waals surface area contributed by atoms with Gasteiger partial charge in [0.2, 0.25) is 5.91 Å². The molecule has 276 valence electrons. The summed E-state index contributed by atoms with van der Waals surface area (Å²) < 4.78 is 11.8. The number of piperazine rings is 1. The van der Waals surface area contributed by atoms with Crippen LogP contribution in [0.3, 0.4) is 0 Å². The van der Waals surface area contributed by atoms with Crippen LogP contribution in [-0.4, -0.2) is 99.9 Å². The van der Waals surface area contributed by atoms with Crippen molar-refractivity contribution in [3.8, 4) is 11.5 Å². The Morgan fingerprint density at radius 1 is 1.04 bits per heavy atom. The summed E-state index contributed by atoms with van der Waals surface area (Å²) in [4.78, 5) is 56.6. The number of rotatable bonds is 14. The minimum atomic E-state index is -0.575. The first kappa shape index (κ1) is 41.1. The van der Waals surface area contributed by atoms with E-state index in [1.807, 2.05) is 25.1 Å². The summed E-state index contributed by atoms with van der Waals surface area (Å²) in [6.45, 7) is 6.17. The van der Waals surface area contributed by atoms with Gasteiger partial charge in [0, 0.05) is 56.5 Å². The molecule has 3 aromatic rings. The summed E-state index contributed by atoms with van der Waals surface area (Å²) in [5.74, 6) is -0.226. The molecule has 51 heavy (non-hydrogen) atoms. The third-order valence-corrected chi connectivity index (χ3v) is 9.30. The number of anilines is 3. The number of carbonyl (C=O) groups excluding carboxylic acids is 4. The lowest BCUT2D eigenvalue weighted by molar-refractivity contribution is -0.118. The summed E-state index contributed by atoms with van der Waals surface area (Å²) in [6, 6.07) is 15.1. The van der Waals surface area contributed by atoms with E-state index in [0.717, 1.165) is 57.3 Å². The summed E-state index contributed by atoms with van der Waals surface area (Å²) >= 11 is 0. The fraction of sp³-hybridized carbons (Fsp3) is 0.405. The van der Waals surface area contributed by atoms with Gasteiger partial charge in [0.15, 0.2) is 0 Å².